The lowest BCUT2D eigenvalue weighted by Crippen LogP contribution is -2.35. The number of hydrogen-bond acceptors (Lipinski definition) is 2. The number of benzene rings is 1. The number of nitrogens with one attached hydrogen (secondary N) is 2. The van der Waals surface area contributed by atoms with Crippen LogP contribution in [0.25, 0.3) is 0 Å². The molecular formula is C14H18F2N2O2. The Labute approximate surface area is 116 Å². The van der Waals surface area contributed by atoms with Crippen LogP contribution in [0.1, 0.15) is 37.0 Å². The van der Waals surface area contributed by atoms with Gasteiger partial charge in [0.15, 0.2) is 11.6 Å². The van der Waals surface area contributed by atoms with Gasteiger partial charge in [-0.1, -0.05) is 13.0 Å². The van der Waals surface area contributed by atoms with Gasteiger partial charge in [0.1, 0.15) is 0 Å². The maximum Gasteiger partial charge on any atom is 0.254 e. The van der Waals surface area contributed by atoms with Gasteiger partial charge in [0.2, 0.25) is 5.91 Å². The average molecular weight is 284 g/mol. The van der Waals surface area contributed by atoms with Gasteiger partial charge in [0.25, 0.3) is 5.91 Å². The van der Waals surface area contributed by atoms with E-state index < -0.39 is 17.5 Å². The second kappa shape index (κ2) is 7.57. The Morgan fingerprint density at radius 2 is 2.00 bits per heavy atom. The van der Waals surface area contributed by atoms with Crippen LogP contribution in [0.2, 0.25) is 0 Å². The van der Waals surface area contributed by atoms with Crippen molar-refractivity contribution in [2.45, 2.75) is 32.7 Å². The lowest BCUT2D eigenvalue weighted by atomic mass is 10.2. The van der Waals surface area contributed by atoms with Crippen molar-refractivity contribution < 1.29 is 18.4 Å². The van der Waals surface area contributed by atoms with Gasteiger partial charge < -0.3 is 10.6 Å². The minimum absolute atomic E-state index is 0.0665. The van der Waals surface area contributed by atoms with E-state index in [0.29, 0.717) is 0 Å². The highest BCUT2D eigenvalue weighted by Gasteiger charge is 2.15. The molecule has 0 spiro atoms. The van der Waals surface area contributed by atoms with Crippen LogP contribution in [-0.4, -0.2) is 24.4 Å². The highest BCUT2D eigenvalue weighted by molar-refractivity contribution is 5.94. The molecule has 2 amide bonds. The van der Waals surface area contributed by atoms with Crippen LogP contribution in [0, 0.1) is 11.6 Å². The summed E-state index contributed by atoms with van der Waals surface area (Å²) in [4.78, 5) is 23.1. The molecule has 1 unspecified atom stereocenters. The molecule has 0 bridgehead atoms. The van der Waals surface area contributed by atoms with E-state index in [9.17, 15) is 18.4 Å². The summed E-state index contributed by atoms with van der Waals surface area (Å²) >= 11 is 0. The zero-order chi connectivity index (χ0) is 15.1. The van der Waals surface area contributed by atoms with Gasteiger partial charge in [-0.05, 0) is 25.5 Å². The SMILES string of the molecule is CCC(C)NC(=O)CCNC(=O)c1cccc(F)c1F. The fourth-order valence-electron chi connectivity index (χ4n) is 1.51. The van der Waals surface area contributed by atoms with Crippen molar-refractivity contribution >= 4 is 11.8 Å². The van der Waals surface area contributed by atoms with Crippen LogP contribution >= 0.6 is 0 Å². The molecule has 0 aliphatic heterocycles. The molecule has 1 aromatic carbocycles. The minimum Gasteiger partial charge on any atom is -0.354 e. The van der Waals surface area contributed by atoms with E-state index in [-0.39, 0.29) is 30.5 Å². The van der Waals surface area contributed by atoms with E-state index in [2.05, 4.69) is 10.6 Å². The zero-order valence-corrected chi connectivity index (χ0v) is 11.5. The molecule has 2 N–H and O–H groups in total. The molecule has 6 heteroatoms. The van der Waals surface area contributed by atoms with Crippen molar-refractivity contribution in [2.24, 2.45) is 0 Å². The van der Waals surface area contributed by atoms with Crippen molar-refractivity contribution in [3.8, 4) is 0 Å². The highest BCUT2D eigenvalue weighted by atomic mass is 19.2. The molecule has 4 nitrogen and oxygen atoms in total. The molecule has 110 valence electrons. The topological polar surface area (TPSA) is 58.2 Å². The molecule has 1 aromatic rings. The summed E-state index contributed by atoms with van der Waals surface area (Å²) < 4.78 is 26.3. The molecule has 0 radical (unpaired) electrons. The second-order valence-corrected chi connectivity index (χ2v) is 4.48. The van der Waals surface area contributed by atoms with E-state index in [1.54, 1.807) is 0 Å². The maximum absolute atomic E-state index is 13.3. The summed E-state index contributed by atoms with van der Waals surface area (Å²) in [7, 11) is 0. The summed E-state index contributed by atoms with van der Waals surface area (Å²) in [5.74, 6) is -3.20. The molecule has 0 aromatic heterocycles. The first-order valence-electron chi connectivity index (χ1n) is 6.47. The Morgan fingerprint density at radius 3 is 2.65 bits per heavy atom. The molecule has 0 saturated heterocycles. The van der Waals surface area contributed by atoms with Gasteiger partial charge in [-0.25, -0.2) is 8.78 Å². The number of hydrogen-bond donors (Lipinski definition) is 2. The number of amides is 2. The average Bonchev–Trinajstić information content (AvgIpc) is 2.41. The van der Waals surface area contributed by atoms with E-state index in [4.69, 9.17) is 0 Å². The Morgan fingerprint density at radius 1 is 1.30 bits per heavy atom. The van der Waals surface area contributed by atoms with E-state index >= 15 is 0 Å². The van der Waals surface area contributed by atoms with Crippen LogP contribution in [0.15, 0.2) is 18.2 Å². The monoisotopic (exact) mass is 284 g/mol. The molecule has 0 saturated carbocycles. The van der Waals surface area contributed by atoms with Crippen molar-refractivity contribution in [2.75, 3.05) is 6.54 Å². The summed E-state index contributed by atoms with van der Waals surface area (Å²) in [6.45, 7) is 3.88. The first-order chi connectivity index (χ1) is 9.45. The Kier molecular flexibility index (Phi) is 6.09. The highest BCUT2D eigenvalue weighted by Crippen LogP contribution is 2.10. The molecule has 1 rings (SSSR count). The zero-order valence-electron chi connectivity index (χ0n) is 11.5. The van der Waals surface area contributed by atoms with Crippen LogP contribution < -0.4 is 10.6 Å². The quantitative estimate of drug-likeness (QED) is 0.839. The lowest BCUT2D eigenvalue weighted by Gasteiger charge is -2.11. The molecule has 0 aliphatic rings. The van der Waals surface area contributed by atoms with Gasteiger partial charge in [0, 0.05) is 19.0 Å². The van der Waals surface area contributed by atoms with Crippen LogP contribution in [0.5, 0.6) is 0 Å². The molecule has 0 aliphatic carbocycles. The van der Waals surface area contributed by atoms with Gasteiger partial charge in [-0.3, -0.25) is 9.59 Å². The lowest BCUT2D eigenvalue weighted by molar-refractivity contribution is -0.121. The smallest absolute Gasteiger partial charge is 0.254 e. The number of carbonyl (C=O) groups is 2. The predicted octanol–water partition coefficient (Wildman–Crippen LogP) is 2.00. The number of carbonyl (C=O) groups excluding carboxylic acids is 2. The van der Waals surface area contributed by atoms with Crippen LogP contribution in [0.3, 0.4) is 0 Å². The third-order valence-electron chi connectivity index (χ3n) is 2.85. The molecular weight excluding hydrogens is 266 g/mol. The van der Waals surface area contributed by atoms with Gasteiger partial charge >= 0.3 is 0 Å². The van der Waals surface area contributed by atoms with Crippen molar-refractivity contribution in [3.05, 3.63) is 35.4 Å². The van der Waals surface area contributed by atoms with E-state index in [0.717, 1.165) is 12.5 Å². The fourth-order valence-corrected chi connectivity index (χ4v) is 1.51. The van der Waals surface area contributed by atoms with Crippen molar-refractivity contribution in [3.63, 3.8) is 0 Å². The fraction of sp³-hybridized carbons (Fsp3) is 0.429. The maximum atomic E-state index is 13.3. The minimum atomic E-state index is -1.19. The number of halogens is 2. The Bertz CT molecular complexity index is 492. The van der Waals surface area contributed by atoms with Gasteiger partial charge in [-0.15, -0.1) is 0 Å². The summed E-state index contributed by atoms with van der Waals surface area (Å²) in [5, 5.41) is 5.12. The first-order valence-corrected chi connectivity index (χ1v) is 6.47. The molecule has 1 atom stereocenters. The van der Waals surface area contributed by atoms with Crippen LogP contribution in [-0.2, 0) is 4.79 Å². The van der Waals surface area contributed by atoms with Crippen molar-refractivity contribution in [1.29, 1.82) is 0 Å². The normalized spacial score (nSPS) is 11.8. The third kappa shape index (κ3) is 4.60. The Hall–Kier alpha value is -1.98. The Balaban J connectivity index is 2.44. The van der Waals surface area contributed by atoms with E-state index in [1.165, 1.54) is 12.1 Å². The molecule has 0 heterocycles. The van der Waals surface area contributed by atoms with E-state index in [1.807, 2.05) is 13.8 Å². The summed E-state index contributed by atoms with van der Waals surface area (Å²) in [5.41, 5.74) is -0.368. The molecule has 20 heavy (non-hydrogen) atoms. The standard InChI is InChI=1S/C14H18F2N2O2/c1-3-9(2)18-12(19)7-8-17-14(20)10-5-4-6-11(15)13(10)16/h4-6,9H,3,7-8H2,1-2H3,(H,17,20)(H,18,19). The molecule has 0 fully saturated rings. The largest absolute Gasteiger partial charge is 0.354 e. The third-order valence-corrected chi connectivity index (χ3v) is 2.85. The summed E-state index contributed by atoms with van der Waals surface area (Å²) in [6.07, 6.45) is 0.902. The van der Waals surface area contributed by atoms with Gasteiger partial charge in [-0.2, -0.15) is 0 Å². The predicted molar refractivity (Wildman–Crippen MR) is 71.2 cm³/mol. The second-order valence-electron chi connectivity index (χ2n) is 4.48. The van der Waals surface area contributed by atoms with Gasteiger partial charge in [0.05, 0.1) is 5.56 Å². The van der Waals surface area contributed by atoms with Crippen LogP contribution in [0.4, 0.5) is 8.78 Å². The summed E-state index contributed by atoms with van der Waals surface area (Å²) in [6, 6.07) is 3.45. The van der Waals surface area contributed by atoms with Crippen molar-refractivity contribution in [1.82, 2.24) is 10.6 Å². The first kappa shape index (κ1) is 16.1. The number of rotatable bonds is 6.